The van der Waals surface area contributed by atoms with Crippen molar-refractivity contribution in [3.63, 3.8) is 0 Å². The third-order valence-electron chi connectivity index (χ3n) is 13.7. The number of nitrogens with one attached hydrogen (secondary N) is 2. The molecule has 2 heterocycles. The molecule has 1 aromatic heterocycles. The molecule has 0 spiro atoms. The third-order valence-corrected chi connectivity index (χ3v) is 13.7. The van der Waals surface area contributed by atoms with Crippen molar-refractivity contribution in [1.29, 1.82) is 0 Å². The number of hydrogen-bond donors (Lipinski definition) is 2. The molecule has 1 aliphatic carbocycles. The number of esters is 1. The Kier molecular flexibility index (Phi) is 21.3. The fourth-order valence-corrected chi connectivity index (χ4v) is 9.55. The number of nitrogens with zero attached hydrogens (tertiary/aromatic N) is 4. The van der Waals surface area contributed by atoms with Crippen LogP contribution >= 0.6 is 0 Å². The Morgan fingerprint density at radius 1 is 0.778 bits per heavy atom. The molecule has 15 nitrogen and oxygen atoms in total. The van der Waals surface area contributed by atoms with Gasteiger partial charge < -0.3 is 41.7 Å². The van der Waals surface area contributed by atoms with E-state index in [1.54, 1.807) is 24.0 Å². The van der Waals surface area contributed by atoms with Crippen molar-refractivity contribution in [2.24, 2.45) is 36.1 Å². The van der Waals surface area contributed by atoms with Gasteiger partial charge in [0.25, 0.3) is 0 Å². The fourth-order valence-electron chi connectivity index (χ4n) is 9.55. The van der Waals surface area contributed by atoms with Crippen LogP contribution in [0.4, 0.5) is 0 Å². The van der Waals surface area contributed by atoms with Crippen molar-refractivity contribution < 1.29 is 59.9 Å². The second kappa shape index (κ2) is 26.8. The molecule has 0 radical (unpaired) electrons. The predicted octanol–water partition coefficient (Wildman–Crippen LogP) is 4.13. The third kappa shape index (κ3) is 17.5. The molecule has 3 aromatic carbocycles. The molecule has 2 N–H and O–H groups in total. The Hall–Kier alpha value is -5.77. The van der Waals surface area contributed by atoms with Crippen LogP contribution in [0.1, 0.15) is 109 Å². The standard InChI is InChI=1S/C56H74N6O9.ClH/c1-38(2)28-48(50(65)33-45(30-42-16-12-9-13-17-42)55(68)58-49(29-39(3)4)53(66)56(6)22-23-56)57-54(67)44(20-18-41-14-10-8-11-15-41)32-47(64)36-62(24-26-69-27-25-62)35-43-19-21-51(71-40(5)63)52(31-43)70-37-46-34-61(7)60-59-46;/h8-17,19,21,31,34,38-39,44-45,48-49H,18,20,22-30,32-33,35-37H2,1-7H3,(H-,57,58,67,68);1H/t44-,45-,48+,49+;/m1./s1. The van der Waals surface area contributed by atoms with E-state index in [2.05, 4.69) is 20.9 Å². The second-order valence-electron chi connectivity index (χ2n) is 21.1. The van der Waals surface area contributed by atoms with Gasteiger partial charge in [0.05, 0.1) is 31.5 Å². The molecular formula is C56H75ClN6O9. The minimum atomic E-state index is -0.903. The maximum Gasteiger partial charge on any atom is 0.308 e. The topological polar surface area (TPSA) is 185 Å². The van der Waals surface area contributed by atoms with Gasteiger partial charge in [0.15, 0.2) is 28.8 Å². The number of halogens is 1. The van der Waals surface area contributed by atoms with Gasteiger partial charge in [0.2, 0.25) is 11.8 Å². The van der Waals surface area contributed by atoms with Gasteiger partial charge in [-0.05, 0) is 86.1 Å². The van der Waals surface area contributed by atoms with Crippen LogP contribution in [0, 0.1) is 29.1 Å². The summed E-state index contributed by atoms with van der Waals surface area (Å²) in [6, 6.07) is 23.2. The van der Waals surface area contributed by atoms with Crippen LogP contribution in [0.5, 0.6) is 11.5 Å². The van der Waals surface area contributed by atoms with Gasteiger partial charge in [0, 0.05) is 49.6 Å². The summed E-state index contributed by atoms with van der Waals surface area (Å²) >= 11 is 0. The molecule has 6 rings (SSSR count). The molecule has 72 heavy (non-hydrogen) atoms. The fraction of sp³-hybridized carbons (Fsp3) is 0.536. The van der Waals surface area contributed by atoms with E-state index in [-0.39, 0.29) is 91.6 Å². The molecule has 1 saturated heterocycles. The van der Waals surface area contributed by atoms with E-state index in [0.29, 0.717) is 74.5 Å². The number of morpholine rings is 1. The average Bonchev–Trinajstić information content (AvgIpc) is 3.95. The van der Waals surface area contributed by atoms with E-state index < -0.39 is 35.3 Å². The Morgan fingerprint density at radius 2 is 1.39 bits per heavy atom. The minimum absolute atomic E-state index is 0. The zero-order valence-corrected chi connectivity index (χ0v) is 44.0. The number of aromatic nitrogens is 3. The summed E-state index contributed by atoms with van der Waals surface area (Å²) in [5.41, 5.74) is 2.93. The van der Waals surface area contributed by atoms with Gasteiger partial charge in [-0.15, -0.1) is 5.10 Å². The van der Waals surface area contributed by atoms with E-state index in [9.17, 15) is 28.8 Å². The lowest BCUT2D eigenvalue weighted by atomic mass is 9.87. The summed E-state index contributed by atoms with van der Waals surface area (Å²) in [6.45, 7) is 14.0. The van der Waals surface area contributed by atoms with E-state index in [4.69, 9.17) is 14.2 Å². The van der Waals surface area contributed by atoms with Gasteiger partial charge >= 0.3 is 5.97 Å². The number of quaternary nitrogens is 1. The highest BCUT2D eigenvalue weighted by molar-refractivity contribution is 5.97. The summed E-state index contributed by atoms with van der Waals surface area (Å²) in [4.78, 5) is 83.9. The van der Waals surface area contributed by atoms with Crippen molar-refractivity contribution in [2.45, 2.75) is 125 Å². The van der Waals surface area contributed by atoms with Crippen LogP contribution in [0.3, 0.4) is 0 Å². The number of rotatable bonds is 28. The molecule has 2 fully saturated rings. The Bertz CT molecular complexity index is 2430. The smallest absolute Gasteiger partial charge is 0.308 e. The first kappa shape index (κ1) is 57.1. The maximum atomic E-state index is 14.7. The van der Waals surface area contributed by atoms with E-state index >= 15 is 0 Å². The SMILES string of the molecule is CC(=O)Oc1ccc(C[N+]2(CC(=O)C[C@@H](CCc3ccccc3)C(=O)N[C@@H](CC(C)C)C(=O)C[C@@H](Cc3ccccc3)C(=O)N[C@@H](CC(C)C)C(=O)C3(C)CC3)CCOCC2)cc1OCc1cn(C)nn1.[Cl-]. The normalized spacial score (nSPS) is 16.3. The lowest BCUT2D eigenvalue weighted by Gasteiger charge is -2.41. The average molecular weight is 1010 g/mol. The van der Waals surface area contributed by atoms with E-state index in [1.807, 2.05) is 107 Å². The van der Waals surface area contributed by atoms with Crippen molar-refractivity contribution in [2.75, 3.05) is 32.8 Å². The van der Waals surface area contributed by atoms with Crippen LogP contribution < -0.4 is 32.5 Å². The molecule has 1 saturated carbocycles. The van der Waals surface area contributed by atoms with Crippen molar-refractivity contribution in [3.8, 4) is 11.5 Å². The molecule has 2 amide bonds. The summed E-state index contributed by atoms with van der Waals surface area (Å²) in [6.07, 6.45) is 5.20. The first-order valence-electron chi connectivity index (χ1n) is 25.4. The Morgan fingerprint density at radius 3 is 1.99 bits per heavy atom. The van der Waals surface area contributed by atoms with Crippen LogP contribution in [-0.2, 0) is 66.5 Å². The largest absolute Gasteiger partial charge is 1.00 e. The molecule has 390 valence electrons. The Balaban J connectivity index is 0.00000963. The van der Waals surface area contributed by atoms with Crippen LogP contribution in [0.25, 0.3) is 0 Å². The monoisotopic (exact) mass is 1010 g/mol. The molecule has 2 aliphatic rings. The zero-order chi connectivity index (χ0) is 51.1. The number of Topliss-reactive ketones (excluding diaryl/α,β-unsaturated/α-hetero) is 3. The highest BCUT2D eigenvalue weighted by atomic mass is 35.5. The minimum Gasteiger partial charge on any atom is -1.00 e. The summed E-state index contributed by atoms with van der Waals surface area (Å²) in [5.74, 6) is -2.27. The summed E-state index contributed by atoms with van der Waals surface area (Å²) in [5, 5.41) is 14.3. The first-order chi connectivity index (χ1) is 33.9. The summed E-state index contributed by atoms with van der Waals surface area (Å²) < 4.78 is 19.3. The van der Waals surface area contributed by atoms with Gasteiger partial charge in [-0.3, -0.25) is 33.4 Å². The molecule has 4 aromatic rings. The molecule has 0 unspecified atom stereocenters. The highest BCUT2D eigenvalue weighted by Gasteiger charge is 2.48. The Labute approximate surface area is 431 Å². The van der Waals surface area contributed by atoms with Crippen molar-refractivity contribution in [1.82, 2.24) is 25.6 Å². The van der Waals surface area contributed by atoms with Crippen LogP contribution in [0.15, 0.2) is 85.1 Å². The number of benzene rings is 3. The predicted molar refractivity (Wildman–Crippen MR) is 269 cm³/mol. The number of hydrogen-bond acceptors (Lipinski definition) is 11. The molecule has 0 bridgehead atoms. The van der Waals surface area contributed by atoms with E-state index in [0.717, 1.165) is 29.5 Å². The number of amides is 2. The second-order valence-corrected chi connectivity index (χ2v) is 21.1. The number of ketones is 3. The van der Waals surface area contributed by atoms with Gasteiger partial charge in [-0.25, -0.2) is 0 Å². The lowest BCUT2D eigenvalue weighted by Crippen LogP contribution is -3.00. The molecular weight excluding hydrogens is 936 g/mol. The molecule has 16 heteroatoms. The summed E-state index contributed by atoms with van der Waals surface area (Å²) in [7, 11) is 1.76. The maximum absolute atomic E-state index is 14.7. The van der Waals surface area contributed by atoms with Crippen molar-refractivity contribution in [3.05, 3.63) is 107 Å². The number of aryl methyl sites for hydroxylation is 2. The number of carbonyl (C=O) groups is 6. The molecule has 4 atom stereocenters. The highest BCUT2D eigenvalue weighted by Crippen LogP contribution is 2.47. The van der Waals surface area contributed by atoms with Gasteiger partial charge in [-0.1, -0.05) is 100 Å². The van der Waals surface area contributed by atoms with Gasteiger partial charge in [0.1, 0.15) is 38.5 Å². The molecule has 1 aliphatic heterocycles. The number of carbonyl (C=O) groups excluding carboxylic acids is 6. The van der Waals surface area contributed by atoms with Crippen molar-refractivity contribution >= 4 is 35.1 Å². The quantitative estimate of drug-likeness (QED) is 0.0474. The van der Waals surface area contributed by atoms with Gasteiger partial charge in [-0.2, -0.15) is 0 Å². The lowest BCUT2D eigenvalue weighted by molar-refractivity contribution is -0.940. The number of ether oxygens (including phenoxy) is 3. The van der Waals surface area contributed by atoms with E-state index in [1.165, 1.54) is 6.92 Å². The zero-order valence-electron chi connectivity index (χ0n) is 43.2. The van der Waals surface area contributed by atoms with Crippen LogP contribution in [-0.4, -0.2) is 99.5 Å². The van der Waals surface area contributed by atoms with Crippen LogP contribution in [0.2, 0.25) is 0 Å². The first-order valence-corrected chi connectivity index (χ1v) is 25.4.